The predicted molar refractivity (Wildman–Crippen MR) is 131 cm³/mol. The van der Waals surface area contributed by atoms with Crippen LogP contribution in [0.4, 0.5) is 0 Å². The lowest BCUT2D eigenvalue weighted by molar-refractivity contribution is 0.181. The first-order valence-electron chi connectivity index (χ1n) is 11.9. The summed E-state index contributed by atoms with van der Waals surface area (Å²) in [5.74, 6) is 0. The molecular formula is C27H37N5. The van der Waals surface area contributed by atoms with Crippen molar-refractivity contribution in [2.45, 2.75) is 72.6 Å². The molecule has 0 spiro atoms. The van der Waals surface area contributed by atoms with Gasteiger partial charge in [0.1, 0.15) is 0 Å². The number of hydrogen-bond acceptors (Lipinski definition) is 5. The summed E-state index contributed by atoms with van der Waals surface area (Å²) in [7, 11) is 0. The maximum absolute atomic E-state index is 4.71. The van der Waals surface area contributed by atoms with Crippen LogP contribution in [0.1, 0.15) is 61.5 Å². The van der Waals surface area contributed by atoms with Gasteiger partial charge in [-0.25, -0.2) is 0 Å². The summed E-state index contributed by atoms with van der Waals surface area (Å²) in [6.07, 6.45) is 8.68. The number of hydrogen-bond donors (Lipinski definition) is 1. The normalized spacial score (nSPS) is 12.3. The van der Waals surface area contributed by atoms with Crippen LogP contribution < -0.4 is 5.32 Å². The van der Waals surface area contributed by atoms with Crippen molar-refractivity contribution in [2.75, 3.05) is 6.54 Å². The Bertz CT molecular complexity index is 922. The van der Waals surface area contributed by atoms with E-state index in [9.17, 15) is 0 Å². The van der Waals surface area contributed by atoms with Crippen molar-refractivity contribution in [3.05, 3.63) is 88.8 Å². The van der Waals surface area contributed by atoms with Crippen molar-refractivity contribution in [3.63, 3.8) is 0 Å². The highest BCUT2D eigenvalue weighted by atomic mass is 15.2. The fraction of sp³-hybridized carbons (Fsp3) is 0.444. The lowest BCUT2D eigenvalue weighted by Gasteiger charge is -2.30. The largest absolute Gasteiger partial charge is 0.310 e. The van der Waals surface area contributed by atoms with Crippen LogP contribution in [0.2, 0.25) is 0 Å². The Balaban J connectivity index is 1.74. The molecule has 0 aromatic carbocycles. The number of rotatable bonds is 12. The second-order valence-corrected chi connectivity index (χ2v) is 8.27. The Morgan fingerprint density at radius 2 is 1.16 bits per heavy atom. The van der Waals surface area contributed by atoms with Gasteiger partial charge >= 0.3 is 0 Å². The van der Waals surface area contributed by atoms with E-state index in [1.165, 1.54) is 16.7 Å². The highest BCUT2D eigenvalue weighted by Crippen LogP contribution is 2.17. The molecule has 0 aliphatic rings. The summed E-state index contributed by atoms with van der Waals surface area (Å²) in [6, 6.07) is 12.9. The first-order valence-corrected chi connectivity index (χ1v) is 11.9. The molecule has 32 heavy (non-hydrogen) atoms. The molecule has 0 saturated carbocycles. The van der Waals surface area contributed by atoms with E-state index in [1.54, 1.807) is 0 Å². The summed E-state index contributed by atoms with van der Waals surface area (Å²) < 4.78 is 0. The number of nitrogens with zero attached hydrogens (tertiary/aromatic N) is 4. The zero-order valence-corrected chi connectivity index (χ0v) is 20.0. The molecule has 1 N–H and O–H groups in total. The topological polar surface area (TPSA) is 53.9 Å². The van der Waals surface area contributed by atoms with Gasteiger partial charge in [0.2, 0.25) is 0 Å². The molecule has 0 bridgehead atoms. The Labute approximate surface area is 193 Å². The van der Waals surface area contributed by atoms with E-state index in [-0.39, 0.29) is 0 Å². The van der Waals surface area contributed by atoms with Crippen molar-refractivity contribution in [1.82, 2.24) is 25.2 Å². The van der Waals surface area contributed by atoms with E-state index >= 15 is 0 Å². The third-order valence-corrected chi connectivity index (χ3v) is 6.16. The molecule has 0 aliphatic heterocycles. The molecule has 0 fully saturated rings. The Morgan fingerprint density at radius 3 is 1.62 bits per heavy atom. The summed E-state index contributed by atoms with van der Waals surface area (Å²) >= 11 is 0. The molecule has 0 radical (unpaired) electrons. The lowest BCUT2D eigenvalue weighted by atomic mass is 10.1. The second-order valence-electron chi connectivity index (χ2n) is 8.27. The maximum atomic E-state index is 4.71. The van der Waals surface area contributed by atoms with Crippen LogP contribution in [-0.4, -0.2) is 32.4 Å². The third-order valence-electron chi connectivity index (χ3n) is 6.16. The molecule has 3 aromatic rings. The third kappa shape index (κ3) is 6.44. The molecule has 5 nitrogen and oxygen atoms in total. The number of aromatic nitrogens is 3. The smallest absolute Gasteiger partial charge is 0.0575 e. The quantitative estimate of drug-likeness (QED) is 0.449. The molecule has 5 heteroatoms. The van der Waals surface area contributed by atoms with Crippen LogP contribution in [0, 0.1) is 0 Å². The maximum Gasteiger partial charge on any atom is 0.0575 e. The molecule has 0 amide bonds. The lowest BCUT2D eigenvalue weighted by Crippen LogP contribution is -2.40. The van der Waals surface area contributed by atoms with Gasteiger partial charge in [0.15, 0.2) is 0 Å². The minimum Gasteiger partial charge on any atom is -0.310 e. The SMILES string of the molecule is CCc1cccnc1CNCC(C)N(Cc1ncccc1CC)Cc1ncccc1CC. The van der Waals surface area contributed by atoms with Gasteiger partial charge in [0.25, 0.3) is 0 Å². The molecule has 170 valence electrons. The van der Waals surface area contributed by atoms with E-state index in [4.69, 9.17) is 9.97 Å². The molecule has 3 rings (SSSR count). The van der Waals surface area contributed by atoms with Crippen molar-refractivity contribution in [2.24, 2.45) is 0 Å². The summed E-state index contributed by atoms with van der Waals surface area (Å²) in [4.78, 5) is 16.5. The van der Waals surface area contributed by atoms with Crippen molar-refractivity contribution in [3.8, 4) is 0 Å². The highest BCUT2D eigenvalue weighted by Gasteiger charge is 2.19. The van der Waals surface area contributed by atoms with Gasteiger partial charge in [-0.1, -0.05) is 39.0 Å². The summed E-state index contributed by atoms with van der Waals surface area (Å²) in [6.45, 7) is 12.2. The Hall–Kier alpha value is -2.63. The van der Waals surface area contributed by atoms with Crippen LogP contribution in [0.3, 0.4) is 0 Å². The van der Waals surface area contributed by atoms with Crippen LogP contribution in [0.15, 0.2) is 55.0 Å². The zero-order chi connectivity index (χ0) is 22.8. The zero-order valence-electron chi connectivity index (χ0n) is 20.0. The standard InChI is InChI=1S/C27H37N5/c1-5-22-11-8-14-29-25(22)18-28-17-21(4)32(19-26-23(6-2)12-9-15-30-26)20-27-24(7-3)13-10-16-31-27/h8-16,21,28H,5-7,17-20H2,1-4H3. The molecular weight excluding hydrogens is 394 g/mol. The average molecular weight is 432 g/mol. The highest BCUT2D eigenvalue weighted by molar-refractivity contribution is 5.22. The summed E-state index contributed by atoms with van der Waals surface area (Å²) in [5, 5.41) is 3.64. The fourth-order valence-corrected chi connectivity index (χ4v) is 4.10. The minimum atomic E-state index is 0.321. The minimum absolute atomic E-state index is 0.321. The molecule has 0 saturated heterocycles. The molecule has 0 aliphatic carbocycles. The van der Waals surface area contributed by atoms with Gasteiger partial charge in [-0.2, -0.15) is 0 Å². The van der Waals surface area contributed by atoms with Gasteiger partial charge in [0, 0.05) is 50.8 Å². The average Bonchev–Trinajstić information content (AvgIpc) is 2.84. The fourth-order valence-electron chi connectivity index (χ4n) is 4.10. The second kappa shape index (κ2) is 12.4. The number of nitrogens with one attached hydrogen (secondary N) is 1. The van der Waals surface area contributed by atoms with Crippen LogP contribution in [0.5, 0.6) is 0 Å². The van der Waals surface area contributed by atoms with Gasteiger partial charge in [0.05, 0.1) is 17.1 Å². The van der Waals surface area contributed by atoms with Crippen LogP contribution in [-0.2, 0) is 38.9 Å². The number of aryl methyl sites for hydroxylation is 3. The molecule has 3 heterocycles. The van der Waals surface area contributed by atoms with Crippen molar-refractivity contribution in [1.29, 1.82) is 0 Å². The van der Waals surface area contributed by atoms with Crippen LogP contribution >= 0.6 is 0 Å². The predicted octanol–water partition coefficient (Wildman–Crippen LogP) is 4.74. The van der Waals surface area contributed by atoms with Gasteiger partial charge in [-0.3, -0.25) is 19.9 Å². The van der Waals surface area contributed by atoms with Gasteiger partial charge < -0.3 is 5.32 Å². The van der Waals surface area contributed by atoms with E-state index in [0.29, 0.717) is 6.04 Å². The monoisotopic (exact) mass is 431 g/mol. The van der Waals surface area contributed by atoms with E-state index in [1.807, 2.05) is 36.8 Å². The Morgan fingerprint density at radius 1 is 0.719 bits per heavy atom. The first kappa shape index (κ1) is 24.0. The van der Waals surface area contributed by atoms with E-state index < -0.39 is 0 Å². The molecule has 1 atom stereocenters. The molecule has 1 unspecified atom stereocenters. The van der Waals surface area contributed by atoms with Gasteiger partial charge in [-0.05, 0) is 61.1 Å². The van der Waals surface area contributed by atoms with Crippen LogP contribution in [0.25, 0.3) is 0 Å². The van der Waals surface area contributed by atoms with Crippen molar-refractivity contribution < 1.29 is 0 Å². The van der Waals surface area contributed by atoms with Gasteiger partial charge in [-0.15, -0.1) is 0 Å². The Kier molecular flexibility index (Phi) is 9.32. The van der Waals surface area contributed by atoms with E-state index in [0.717, 1.165) is 62.5 Å². The number of pyridine rings is 3. The van der Waals surface area contributed by atoms with Crippen molar-refractivity contribution >= 4 is 0 Å². The first-order chi connectivity index (χ1) is 15.7. The van der Waals surface area contributed by atoms with E-state index in [2.05, 4.69) is 61.1 Å². The molecule has 3 aromatic heterocycles. The summed E-state index contributed by atoms with van der Waals surface area (Å²) in [5.41, 5.74) is 7.41.